The fraction of sp³-hybridized carbons (Fsp3) is 0.118. The number of anilines is 2. The third-order valence-electron chi connectivity index (χ3n) is 3.55. The molecule has 1 aliphatic rings. The highest BCUT2D eigenvalue weighted by molar-refractivity contribution is 9.10. The molecule has 1 N–H and O–H groups in total. The molecule has 3 rings (SSSR count). The zero-order chi connectivity index (χ0) is 18.0. The number of carbonyl (C=O) groups is 3. The zero-order valence-corrected chi connectivity index (χ0v) is 14.4. The molecule has 1 heterocycles. The van der Waals surface area contributed by atoms with Crippen LogP contribution in [0.25, 0.3) is 0 Å². The predicted molar refractivity (Wildman–Crippen MR) is 91.8 cm³/mol. The number of fused-ring (bicyclic) bond motifs is 1. The predicted octanol–water partition coefficient (Wildman–Crippen LogP) is 2.73. The lowest BCUT2D eigenvalue weighted by atomic mass is 10.2. The van der Waals surface area contributed by atoms with Gasteiger partial charge in [-0.2, -0.15) is 0 Å². The first-order valence-corrected chi connectivity index (χ1v) is 8.06. The summed E-state index contributed by atoms with van der Waals surface area (Å²) < 4.78 is 19.1. The summed E-state index contributed by atoms with van der Waals surface area (Å²) in [6.07, 6.45) is 0. The van der Waals surface area contributed by atoms with Gasteiger partial charge in [-0.3, -0.25) is 14.5 Å². The van der Waals surface area contributed by atoms with Crippen molar-refractivity contribution in [2.45, 2.75) is 0 Å². The number of nitrogens with one attached hydrogen (secondary N) is 1. The Kier molecular flexibility index (Phi) is 4.80. The van der Waals surface area contributed by atoms with E-state index in [1.54, 1.807) is 24.3 Å². The van der Waals surface area contributed by atoms with E-state index in [1.165, 1.54) is 17.0 Å². The second-order valence-corrected chi connectivity index (χ2v) is 6.16. The van der Waals surface area contributed by atoms with E-state index in [1.807, 2.05) is 0 Å². The van der Waals surface area contributed by atoms with E-state index >= 15 is 0 Å². The zero-order valence-electron chi connectivity index (χ0n) is 12.8. The molecule has 1 aliphatic heterocycles. The Bertz CT molecular complexity index is 871. The number of benzene rings is 2. The number of esters is 1. The highest BCUT2D eigenvalue weighted by Gasteiger charge is 2.27. The lowest BCUT2D eigenvalue weighted by Gasteiger charge is -2.28. The monoisotopic (exact) mass is 406 g/mol. The molecule has 0 atom stereocenters. The van der Waals surface area contributed by atoms with E-state index < -0.39 is 24.3 Å². The molecule has 0 saturated heterocycles. The Labute approximate surface area is 150 Å². The SMILES string of the molecule is O=C1CN(C(=O)COC(=O)c2cc(Br)ccc2F)c2ccccc2N1. The number of ether oxygens (including phenoxy) is 1. The number of hydrogen-bond donors (Lipinski definition) is 1. The molecule has 0 unspecified atom stereocenters. The second-order valence-electron chi connectivity index (χ2n) is 5.25. The van der Waals surface area contributed by atoms with Crippen LogP contribution in [0.2, 0.25) is 0 Å². The fourth-order valence-electron chi connectivity index (χ4n) is 2.39. The van der Waals surface area contributed by atoms with Crippen molar-refractivity contribution in [3.8, 4) is 0 Å². The first kappa shape index (κ1) is 17.1. The summed E-state index contributed by atoms with van der Waals surface area (Å²) in [5.41, 5.74) is 0.729. The van der Waals surface area contributed by atoms with Crippen molar-refractivity contribution in [1.29, 1.82) is 0 Å². The van der Waals surface area contributed by atoms with E-state index in [0.717, 1.165) is 6.07 Å². The van der Waals surface area contributed by atoms with Gasteiger partial charge in [0.25, 0.3) is 5.91 Å². The van der Waals surface area contributed by atoms with Crippen LogP contribution in [0.3, 0.4) is 0 Å². The minimum absolute atomic E-state index is 0.182. The number of para-hydroxylation sites is 2. The summed E-state index contributed by atoms with van der Waals surface area (Å²) in [5.74, 6) is -2.63. The van der Waals surface area contributed by atoms with Gasteiger partial charge in [-0.25, -0.2) is 9.18 Å². The lowest BCUT2D eigenvalue weighted by Crippen LogP contribution is -2.44. The molecule has 0 bridgehead atoms. The van der Waals surface area contributed by atoms with Gasteiger partial charge in [0.15, 0.2) is 6.61 Å². The van der Waals surface area contributed by atoms with Crippen LogP contribution in [0.1, 0.15) is 10.4 Å². The Morgan fingerprint density at radius 3 is 2.80 bits per heavy atom. The first-order chi connectivity index (χ1) is 12.0. The maximum atomic E-state index is 13.7. The smallest absolute Gasteiger partial charge is 0.341 e. The molecule has 0 spiro atoms. The number of halogens is 2. The molecule has 6 nitrogen and oxygen atoms in total. The van der Waals surface area contributed by atoms with E-state index in [4.69, 9.17) is 4.74 Å². The molecular formula is C17H12BrFN2O4. The highest BCUT2D eigenvalue weighted by atomic mass is 79.9. The Hall–Kier alpha value is -2.74. The molecule has 2 aromatic rings. The first-order valence-electron chi connectivity index (χ1n) is 7.27. The fourth-order valence-corrected chi connectivity index (χ4v) is 2.75. The van der Waals surface area contributed by atoms with Crippen LogP contribution in [0.15, 0.2) is 46.9 Å². The van der Waals surface area contributed by atoms with Crippen LogP contribution in [0.5, 0.6) is 0 Å². The van der Waals surface area contributed by atoms with Crippen LogP contribution in [0.4, 0.5) is 15.8 Å². The summed E-state index contributed by atoms with van der Waals surface area (Å²) in [4.78, 5) is 37.3. The molecule has 2 aromatic carbocycles. The Balaban J connectivity index is 1.72. The van der Waals surface area contributed by atoms with Crippen molar-refractivity contribution in [2.24, 2.45) is 0 Å². The molecule has 2 amide bonds. The van der Waals surface area contributed by atoms with Gasteiger partial charge in [0.05, 0.1) is 16.9 Å². The quantitative estimate of drug-likeness (QED) is 0.795. The van der Waals surface area contributed by atoms with Crippen molar-refractivity contribution in [2.75, 3.05) is 23.4 Å². The van der Waals surface area contributed by atoms with Gasteiger partial charge >= 0.3 is 5.97 Å². The summed E-state index contributed by atoms with van der Waals surface area (Å²) in [7, 11) is 0. The summed E-state index contributed by atoms with van der Waals surface area (Å²) in [6.45, 7) is -0.787. The molecule has 0 aliphatic carbocycles. The second kappa shape index (κ2) is 7.02. The minimum Gasteiger partial charge on any atom is -0.452 e. The van der Waals surface area contributed by atoms with E-state index in [0.29, 0.717) is 15.8 Å². The van der Waals surface area contributed by atoms with Crippen LogP contribution in [0, 0.1) is 5.82 Å². The average Bonchev–Trinajstić information content (AvgIpc) is 2.60. The van der Waals surface area contributed by atoms with Gasteiger partial charge in [0.2, 0.25) is 5.91 Å². The number of hydrogen-bond acceptors (Lipinski definition) is 4. The standard InChI is InChI=1S/C17H12BrFN2O4/c18-10-5-6-12(19)11(7-10)17(24)25-9-16(23)21-8-15(22)20-13-3-1-2-4-14(13)21/h1-7H,8-9H2,(H,20,22). The molecular weight excluding hydrogens is 395 g/mol. The molecule has 8 heteroatoms. The van der Waals surface area contributed by atoms with Crippen molar-refractivity contribution in [3.05, 3.63) is 58.3 Å². The Morgan fingerprint density at radius 1 is 1.24 bits per heavy atom. The summed E-state index contributed by atoms with van der Waals surface area (Å²) in [5, 5.41) is 2.65. The molecule has 0 saturated carbocycles. The van der Waals surface area contributed by atoms with Gasteiger partial charge in [-0.15, -0.1) is 0 Å². The maximum absolute atomic E-state index is 13.7. The molecule has 128 valence electrons. The topological polar surface area (TPSA) is 75.7 Å². The highest BCUT2D eigenvalue weighted by Crippen LogP contribution is 2.28. The molecule has 0 aromatic heterocycles. The van der Waals surface area contributed by atoms with Crippen molar-refractivity contribution in [3.63, 3.8) is 0 Å². The number of carbonyl (C=O) groups excluding carboxylic acids is 3. The van der Waals surface area contributed by atoms with Gasteiger partial charge in [0.1, 0.15) is 12.4 Å². The van der Waals surface area contributed by atoms with Crippen LogP contribution in [-0.2, 0) is 14.3 Å². The average molecular weight is 407 g/mol. The largest absolute Gasteiger partial charge is 0.452 e. The number of nitrogens with zero attached hydrogens (tertiary/aromatic N) is 1. The molecule has 0 radical (unpaired) electrons. The lowest BCUT2D eigenvalue weighted by molar-refractivity contribution is -0.124. The number of amides is 2. The van der Waals surface area contributed by atoms with E-state index in [-0.39, 0.29) is 18.0 Å². The van der Waals surface area contributed by atoms with Crippen LogP contribution in [-0.4, -0.2) is 30.9 Å². The van der Waals surface area contributed by atoms with Gasteiger partial charge in [0, 0.05) is 4.47 Å². The Morgan fingerprint density at radius 2 is 2.00 bits per heavy atom. The normalized spacial score (nSPS) is 13.0. The maximum Gasteiger partial charge on any atom is 0.341 e. The summed E-state index contributed by atoms with van der Waals surface area (Å²) in [6, 6.07) is 10.6. The summed E-state index contributed by atoms with van der Waals surface area (Å²) >= 11 is 3.14. The van der Waals surface area contributed by atoms with Crippen molar-refractivity contribution < 1.29 is 23.5 Å². The van der Waals surface area contributed by atoms with E-state index in [2.05, 4.69) is 21.2 Å². The van der Waals surface area contributed by atoms with Crippen LogP contribution < -0.4 is 10.2 Å². The third kappa shape index (κ3) is 3.69. The number of rotatable bonds is 3. The van der Waals surface area contributed by atoms with Gasteiger partial charge < -0.3 is 10.1 Å². The van der Waals surface area contributed by atoms with Crippen LogP contribution >= 0.6 is 15.9 Å². The van der Waals surface area contributed by atoms with E-state index in [9.17, 15) is 18.8 Å². The van der Waals surface area contributed by atoms with Crippen molar-refractivity contribution >= 4 is 45.1 Å². The minimum atomic E-state index is -0.957. The van der Waals surface area contributed by atoms with Crippen molar-refractivity contribution in [1.82, 2.24) is 0 Å². The third-order valence-corrected chi connectivity index (χ3v) is 4.04. The van der Waals surface area contributed by atoms with Gasteiger partial charge in [-0.1, -0.05) is 28.1 Å². The molecule has 25 heavy (non-hydrogen) atoms. The van der Waals surface area contributed by atoms with Gasteiger partial charge in [-0.05, 0) is 30.3 Å². The molecule has 0 fully saturated rings.